The van der Waals surface area contributed by atoms with Crippen LogP contribution in [0.3, 0.4) is 0 Å². The second-order valence-electron chi connectivity index (χ2n) is 5.46. The Kier molecular flexibility index (Phi) is 5.33. The predicted octanol–water partition coefficient (Wildman–Crippen LogP) is -0.269. The number of anilines is 1. The number of nitrogens with one attached hydrogen (secondary N) is 2. The molecule has 0 aliphatic carbocycles. The van der Waals surface area contributed by atoms with Gasteiger partial charge >= 0.3 is 0 Å². The molecule has 1 fully saturated rings. The highest BCUT2D eigenvalue weighted by Gasteiger charge is 2.17. The van der Waals surface area contributed by atoms with Crippen molar-refractivity contribution in [1.29, 1.82) is 0 Å². The summed E-state index contributed by atoms with van der Waals surface area (Å²) in [4.78, 5) is 13.3. The summed E-state index contributed by atoms with van der Waals surface area (Å²) in [5.41, 5.74) is 0.459. The lowest BCUT2D eigenvalue weighted by Crippen LogP contribution is -3.12. The van der Waals surface area contributed by atoms with E-state index in [9.17, 15) is 13.2 Å². The quantitative estimate of drug-likeness (QED) is 0.714. The van der Waals surface area contributed by atoms with Crippen LogP contribution >= 0.6 is 0 Å². The van der Waals surface area contributed by atoms with Crippen LogP contribution in [0.5, 0.6) is 0 Å². The monoisotopic (exact) mass is 312 g/mol. The molecule has 1 aliphatic rings. The highest BCUT2D eigenvalue weighted by atomic mass is 32.2. The largest absolute Gasteiger partial charge is 0.327 e. The molecule has 0 bridgehead atoms. The lowest BCUT2D eigenvalue weighted by molar-refractivity contribution is -0.890. The smallest absolute Gasteiger partial charge is 0.279 e. The number of likely N-dealkylation sites (tertiary alicyclic amines) is 1. The number of hydrogen-bond acceptors (Lipinski definition) is 3. The van der Waals surface area contributed by atoms with E-state index in [1.165, 1.54) is 29.9 Å². The van der Waals surface area contributed by atoms with Gasteiger partial charge in [0.1, 0.15) is 0 Å². The van der Waals surface area contributed by atoms with Crippen molar-refractivity contribution in [2.24, 2.45) is 5.14 Å². The average molecular weight is 312 g/mol. The molecule has 21 heavy (non-hydrogen) atoms. The molecule has 7 heteroatoms. The second-order valence-corrected chi connectivity index (χ2v) is 7.02. The molecule has 0 saturated carbocycles. The van der Waals surface area contributed by atoms with Crippen molar-refractivity contribution < 1.29 is 18.1 Å². The number of primary sulfonamides is 1. The third kappa shape index (κ3) is 5.11. The minimum absolute atomic E-state index is 0.00224. The topological polar surface area (TPSA) is 93.7 Å². The second kappa shape index (κ2) is 7.02. The van der Waals surface area contributed by atoms with Crippen molar-refractivity contribution >= 4 is 21.6 Å². The van der Waals surface area contributed by atoms with Gasteiger partial charge in [0.25, 0.3) is 5.91 Å². The van der Waals surface area contributed by atoms with Gasteiger partial charge in [-0.2, -0.15) is 0 Å². The first kappa shape index (κ1) is 15.9. The zero-order valence-corrected chi connectivity index (χ0v) is 12.8. The van der Waals surface area contributed by atoms with E-state index in [4.69, 9.17) is 5.14 Å². The molecule has 0 unspecified atom stereocenters. The Morgan fingerprint density at radius 1 is 1.19 bits per heavy atom. The van der Waals surface area contributed by atoms with Crippen molar-refractivity contribution in [3.05, 3.63) is 24.3 Å². The minimum atomic E-state index is -3.75. The Balaban J connectivity index is 1.96. The van der Waals surface area contributed by atoms with Crippen LogP contribution in [-0.4, -0.2) is 34.0 Å². The van der Waals surface area contributed by atoms with E-state index in [1.54, 1.807) is 12.1 Å². The van der Waals surface area contributed by atoms with Gasteiger partial charge in [0.2, 0.25) is 10.0 Å². The average Bonchev–Trinajstić information content (AvgIpc) is 2.66. The lowest BCUT2D eigenvalue weighted by Gasteiger charge is -2.16. The molecule has 2 rings (SSSR count). The molecule has 0 radical (unpaired) electrons. The molecule has 1 aromatic carbocycles. The van der Waals surface area contributed by atoms with Crippen LogP contribution in [0.25, 0.3) is 0 Å². The first-order valence-electron chi connectivity index (χ1n) is 7.21. The van der Waals surface area contributed by atoms with Crippen molar-refractivity contribution in [1.82, 2.24) is 0 Å². The van der Waals surface area contributed by atoms with Gasteiger partial charge in [-0.1, -0.05) is 6.07 Å². The van der Waals surface area contributed by atoms with Crippen LogP contribution in [0, 0.1) is 0 Å². The molecule has 0 spiro atoms. The first-order chi connectivity index (χ1) is 9.95. The van der Waals surface area contributed by atoms with Gasteiger partial charge in [0, 0.05) is 5.69 Å². The molecule has 4 N–H and O–H groups in total. The Hall–Kier alpha value is -1.44. The number of amides is 1. The van der Waals surface area contributed by atoms with E-state index in [1.807, 2.05) is 0 Å². The fraction of sp³-hybridized carbons (Fsp3) is 0.500. The van der Waals surface area contributed by atoms with Crippen molar-refractivity contribution in [2.75, 3.05) is 25.0 Å². The molecule has 116 valence electrons. The Morgan fingerprint density at radius 2 is 1.86 bits per heavy atom. The molecule has 0 atom stereocenters. The van der Waals surface area contributed by atoms with Gasteiger partial charge in [-0.15, -0.1) is 0 Å². The van der Waals surface area contributed by atoms with Crippen molar-refractivity contribution in [3.63, 3.8) is 0 Å². The maximum absolute atomic E-state index is 12.0. The third-order valence-electron chi connectivity index (χ3n) is 3.67. The zero-order chi connectivity index (χ0) is 15.3. The van der Waals surface area contributed by atoms with Crippen molar-refractivity contribution in [3.8, 4) is 0 Å². The molecule has 1 amide bonds. The maximum atomic E-state index is 12.0. The number of sulfonamides is 1. The first-order valence-corrected chi connectivity index (χ1v) is 8.76. The Morgan fingerprint density at radius 3 is 2.48 bits per heavy atom. The molecular weight excluding hydrogens is 290 g/mol. The van der Waals surface area contributed by atoms with E-state index >= 15 is 0 Å². The number of rotatable bonds is 4. The summed E-state index contributed by atoms with van der Waals surface area (Å²) < 4.78 is 22.6. The van der Waals surface area contributed by atoms with Crippen LogP contribution in [0.4, 0.5) is 5.69 Å². The molecular formula is C14H22N3O3S+. The summed E-state index contributed by atoms with van der Waals surface area (Å²) in [5, 5.41) is 7.82. The number of quaternary nitrogens is 1. The molecule has 1 aromatic rings. The number of carbonyl (C=O) groups is 1. The molecule has 1 heterocycles. The van der Waals surface area contributed by atoms with E-state index in [2.05, 4.69) is 5.32 Å². The van der Waals surface area contributed by atoms with Gasteiger partial charge in [-0.3, -0.25) is 4.79 Å². The third-order valence-corrected chi connectivity index (χ3v) is 4.58. The van der Waals surface area contributed by atoms with Crippen LogP contribution in [0.2, 0.25) is 0 Å². The van der Waals surface area contributed by atoms with E-state index in [-0.39, 0.29) is 10.8 Å². The highest BCUT2D eigenvalue weighted by Crippen LogP contribution is 2.13. The summed E-state index contributed by atoms with van der Waals surface area (Å²) >= 11 is 0. The van der Waals surface area contributed by atoms with E-state index in [0.29, 0.717) is 12.2 Å². The van der Waals surface area contributed by atoms with Crippen molar-refractivity contribution in [2.45, 2.75) is 30.6 Å². The van der Waals surface area contributed by atoms with Gasteiger partial charge < -0.3 is 10.2 Å². The van der Waals surface area contributed by atoms with Crippen LogP contribution in [0.1, 0.15) is 25.7 Å². The standard InChI is InChI=1S/C14H21N3O3S/c15-21(19,20)13-7-5-6-12(10-13)16-14(18)11-17-8-3-1-2-4-9-17/h5-7,10H,1-4,8-9,11H2,(H,16,18)(H2,15,19,20)/p+1. The normalized spacial score (nSPS) is 17.2. The summed E-state index contributed by atoms with van der Waals surface area (Å²) in [6.45, 7) is 2.45. The number of nitrogens with two attached hydrogens (primary N) is 1. The minimum Gasteiger partial charge on any atom is -0.327 e. The van der Waals surface area contributed by atoms with E-state index in [0.717, 1.165) is 25.9 Å². The van der Waals surface area contributed by atoms with Crippen LogP contribution in [0.15, 0.2) is 29.2 Å². The maximum Gasteiger partial charge on any atom is 0.279 e. The number of carbonyl (C=O) groups excluding carboxylic acids is 1. The van der Waals surface area contributed by atoms with Crippen LogP contribution in [-0.2, 0) is 14.8 Å². The fourth-order valence-corrected chi connectivity index (χ4v) is 3.15. The summed E-state index contributed by atoms with van der Waals surface area (Å²) in [6, 6.07) is 6.01. The predicted molar refractivity (Wildman–Crippen MR) is 80.5 cm³/mol. The molecule has 1 aliphatic heterocycles. The van der Waals surface area contributed by atoms with E-state index < -0.39 is 10.0 Å². The fourth-order valence-electron chi connectivity index (χ4n) is 2.59. The lowest BCUT2D eigenvalue weighted by atomic mass is 10.2. The van der Waals surface area contributed by atoms with Crippen LogP contribution < -0.4 is 15.4 Å². The summed E-state index contributed by atoms with van der Waals surface area (Å²) in [5.74, 6) is -0.0986. The SMILES string of the molecule is NS(=O)(=O)c1cccc(NC(=O)C[NH+]2CCCCCC2)c1. The van der Waals surface area contributed by atoms with Gasteiger partial charge in [-0.05, 0) is 43.9 Å². The highest BCUT2D eigenvalue weighted by molar-refractivity contribution is 7.89. The molecule has 0 aromatic heterocycles. The summed E-state index contributed by atoms with van der Waals surface area (Å²) in [6.07, 6.45) is 4.79. The Labute approximate surface area is 125 Å². The Bertz CT molecular complexity index is 593. The number of hydrogen-bond donors (Lipinski definition) is 3. The zero-order valence-electron chi connectivity index (χ0n) is 12.0. The van der Waals surface area contributed by atoms with Gasteiger partial charge in [0.15, 0.2) is 6.54 Å². The van der Waals surface area contributed by atoms with Gasteiger partial charge in [0.05, 0.1) is 18.0 Å². The summed E-state index contributed by atoms with van der Waals surface area (Å²) in [7, 11) is -3.75. The van der Waals surface area contributed by atoms with Gasteiger partial charge in [-0.25, -0.2) is 13.6 Å². The molecule has 1 saturated heterocycles. The number of benzene rings is 1. The molecule has 6 nitrogen and oxygen atoms in total.